The van der Waals surface area contributed by atoms with Gasteiger partial charge >= 0.3 is 0 Å². The van der Waals surface area contributed by atoms with Crippen LogP contribution in [0.5, 0.6) is 5.75 Å². The first-order valence-corrected chi connectivity index (χ1v) is 9.27. The van der Waals surface area contributed by atoms with Gasteiger partial charge in [0.1, 0.15) is 5.75 Å². The zero-order chi connectivity index (χ0) is 15.3. The number of hydrogen-bond acceptors (Lipinski definition) is 3. The molecule has 2 N–H and O–H groups in total. The van der Waals surface area contributed by atoms with Gasteiger partial charge in [0.25, 0.3) is 0 Å². The lowest BCUT2D eigenvalue weighted by molar-refractivity contribution is 0.306. The van der Waals surface area contributed by atoms with Crippen molar-refractivity contribution in [3.05, 3.63) is 40.9 Å². The number of unbranched alkanes of at least 4 members (excludes halogenated alkanes) is 2. The summed E-state index contributed by atoms with van der Waals surface area (Å²) >= 11 is 3.45. The topological polar surface area (TPSA) is 69.4 Å². The normalized spacial score (nSPS) is 11.7. The maximum Gasteiger partial charge on any atom is 0.209 e. The molecule has 0 unspecified atom stereocenters. The van der Waals surface area contributed by atoms with E-state index in [0.717, 1.165) is 33.8 Å². The highest BCUT2D eigenvalue weighted by atomic mass is 79.9. The van der Waals surface area contributed by atoms with Crippen molar-refractivity contribution in [3.8, 4) is 5.75 Å². The van der Waals surface area contributed by atoms with E-state index in [0.29, 0.717) is 13.0 Å². The smallest absolute Gasteiger partial charge is 0.209 e. The van der Waals surface area contributed by atoms with Crippen molar-refractivity contribution >= 4 is 36.7 Å². The average molecular weight is 372 g/mol. The molecule has 0 saturated carbocycles. The molecule has 114 valence electrons. The van der Waals surface area contributed by atoms with Gasteiger partial charge in [0.15, 0.2) is 0 Å². The van der Waals surface area contributed by atoms with Crippen LogP contribution in [0.3, 0.4) is 0 Å². The highest BCUT2D eigenvalue weighted by Crippen LogP contribution is 2.24. The summed E-state index contributed by atoms with van der Waals surface area (Å²) in [6.45, 7) is 0.576. The van der Waals surface area contributed by atoms with E-state index >= 15 is 0 Å². The Morgan fingerprint density at radius 2 is 1.71 bits per heavy atom. The number of benzene rings is 2. The fourth-order valence-electron chi connectivity index (χ4n) is 2.06. The van der Waals surface area contributed by atoms with Crippen molar-refractivity contribution in [1.29, 1.82) is 0 Å². The Morgan fingerprint density at radius 1 is 1.00 bits per heavy atom. The van der Waals surface area contributed by atoms with Crippen LogP contribution in [-0.2, 0) is 10.0 Å². The van der Waals surface area contributed by atoms with Gasteiger partial charge in [-0.2, -0.15) is 0 Å². The number of nitrogens with two attached hydrogens (primary N) is 1. The Kier molecular flexibility index (Phi) is 5.61. The summed E-state index contributed by atoms with van der Waals surface area (Å²) in [5.41, 5.74) is 0. The van der Waals surface area contributed by atoms with Gasteiger partial charge in [-0.05, 0) is 54.3 Å². The van der Waals surface area contributed by atoms with Crippen molar-refractivity contribution in [1.82, 2.24) is 0 Å². The molecule has 0 saturated heterocycles. The third kappa shape index (κ3) is 5.65. The van der Waals surface area contributed by atoms with E-state index < -0.39 is 10.0 Å². The number of halogens is 1. The van der Waals surface area contributed by atoms with Crippen LogP contribution >= 0.6 is 15.9 Å². The third-order valence-electron chi connectivity index (χ3n) is 3.12. The minimum atomic E-state index is -3.34. The average Bonchev–Trinajstić information content (AvgIpc) is 2.41. The molecular formula is C15H18BrNO3S. The zero-order valence-electron chi connectivity index (χ0n) is 11.6. The summed E-state index contributed by atoms with van der Waals surface area (Å²) in [7, 11) is -3.34. The molecule has 21 heavy (non-hydrogen) atoms. The molecule has 0 aromatic heterocycles. The highest BCUT2D eigenvalue weighted by Gasteiger charge is 2.02. The van der Waals surface area contributed by atoms with Gasteiger partial charge in [-0.15, -0.1) is 0 Å². The quantitative estimate of drug-likeness (QED) is 0.757. The van der Waals surface area contributed by atoms with Crippen LogP contribution in [0.25, 0.3) is 10.8 Å². The number of primary sulfonamides is 1. The van der Waals surface area contributed by atoms with Gasteiger partial charge < -0.3 is 4.74 Å². The molecule has 2 aromatic rings. The van der Waals surface area contributed by atoms with Gasteiger partial charge in [0, 0.05) is 4.47 Å². The zero-order valence-corrected chi connectivity index (χ0v) is 14.0. The van der Waals surface area contributed by atoms with Crippen molar-refractivity contribution in [2.75, 3.05) is 12.4 Å². The summed E-state index contributed by atoms with van der Waals surface area (Å²) in [6, 6.07) is 12.1. The molecule has 0 aliphatic carbocycles. The van der Waals surface area contributed by atoms with E-state index in [2.05, 4.69) is 22.0 Å². The van der Waals surface area contributed by atoms with E-state index in [1.54, 1.807) is 0 Å². The van der Waals surface area contributed by atoms with Crippen molar-refractivity contribution in [2.45, 2.75) is 19.3 Å². The van der Waals surface area contributed by atoms with Gasteiger partial charge in [-0.1, -0.05) is 28.1 Å². The molecule has 0 radical (unpaired) electrons. The predicted molar refractivity (Wildman–Crippen MR) is 89.0 cm³/mol. The second kappa shape index (κ2) is 7.24. The van der Waals surface area contributed by atoms with E-state index in [1.165, 1.54) is 0 Å². The lowest BCUT2D eigenvalue weighted by Crippen LogP contribution is -2.16. The van der Waals surface area contributed by atoms with E-state index in [-0.39, 0.29) is 5.75 Å². The van der Waals surface area contributed by atoms with Crippen molar-refractivity contribution in [3.63, 3.8) is 0 Å². The van der Waals surface area contributed by atoms with E-state index in [4.69, 9.17) is 9.88 Å². The number of sulfonamides is 1. The van der Waals surface area contributed by atoms with Gasteiger partial charge in [-0.3, -0.25) is 0 Å². The van der Waals surface area contributed by atoms with Gasteiger partial charge in [0.05, 0.1) is 12.4 Å². The first kappa shape index (κ1) is 16.3. The Balaban J connectivity index is 1.80. The van der Waals surface area contributed by atoms with E-state index in [1.807, 2.05) is 30.3 Å². The molecule has 0 aliphatic heterocycles. The molecule has 2 rings (SSSR count). The summed E-state index contributed by atoms with van der Waals surface area (Å²) in [5, 5.41) is 7.23. The molecule has 2 aromatic carbocycles. The minimum absolute atomic E-state index is 0.0395. The molecule has 0 spiro atoms. The van der Waals surface area contributed by atoms with Crippen LogP contribution in [0, 0.1) is 0 Å². The van der Waals surface area contributed by atoms with E-state index in [9.17, 15) is 8.42 Å². The molecule has 6 heteroatoms. The molecule has 0 atom stereocenters. The third-order valence-corrected chi connectivity index (χ3v) is 4.47. The number of hydrogen-bond donors (Lipinski definition) is 1. The maximum absolute atomic E-state index is 10.8. The second-order valence-corrected chi connectivity index (χ2v) is 7.58. The van der Waals surface area contributed by atoms with Crippen molar-refractivity contribution in [2.24, 2.45) is 5.14 Å². The Bertz CT molecular complexity index is 716. The Morgan fingerprint density at radius 3 is 2.48 bits per heavy atom. The lowest BCUT2D eigenvalue weighted by atomic mass is 10.1. The van der Waals surface area contributed by atoms with Crippen LogP contribution in [0.1, 0.15) is 19.3 Å². The van der Waals surface area contributed by atoms with Gasteiger partial charge in [0.2, 0.25) is 10.0 Å². The molecule has 0 fully saturated rings. The van der Waals surface area contributed by atoms with Gasteiger partial charge in [-0.25, -0.2) is 13.6 Å². The summed E-state index contributed by atoms with van der Waals surface area (Å²) in [6.07, 6.45) is 2.18. The highest BCUT2D eigenvalue weighted by molar-refractivity contribution is 9.10. The number of fused-ring (bicyclic) bond motifs is 1. The van der Waals surface area contributed by atoms with Crippen LogP contribution < -0.4 is 9.88 Å². The first-order chi connectivity index (χ1) is 9.94. The monoisotopic (exact) mass is 371 g/mol. The number of ether oxygens (including phenoxy) is 1. The number of rotatable bonds is 7. The lowest BCUT2D eigenvalue weighted by Gasteiger charge is -2.07. The molecule has 4 nitrogen and oxygen atoms in total. The summed E-state index contributed by atoms with van der Waals surface area (Å²) in [4.78, 5) is 0. The fraction of sp³-hybridized carbons (Fsp3) is 0.333. The molecule has 0 amide bonds. The van der Waals surface area contributed by atoms with Crippen LogP contribution in [-0.4, -0.2) is 20.8 Å². The minimum Gasteiger partial charge on any atom is -0.494 e. The summed E-state index contributed by atoms with van der Waals surface area (Å²) in [5.74, 6) is 0.869. The fourth-order valence-corrected chi connectivity index (χ4v) is 3.04. The van der Waals surface area contributed by atoms with Crippen LogP contribution in [0.2, 0.25) is 0 Å². The maximum atomic E-state index is 10.8. The molecular weight excluding hydrogens is 354 g/mol. The Labute approximate surface area is 133 Å². The van der Waals surface area contributed by atoms with Crippen LogP contribution in [0.15, 0.2) is 40.9 Å². The first-order valence-electron chi connectivity index (χ1n) is 6.77. The van der Waals surface area contributed by atoms with Crippen molar-refractivity contribution < 1.29 is 13.2 Å². The second-order valence-electron chi connectivity index (χ2n) is 4.93. The predicted octanol–water partition coefficient (Wildman–Crippen LogP) is 3.44. The SMILES string of the molecule is NS(=O)(=O)CCCCCOc1ccc2cc(Br)ccc2c1. The molecule has 0 bridgehead atoms. The molecule has 0 aliphatic rings. The standard InChI is InChI=1S/C15H18BrNO3S/c16-14-6-4-13-11-15(7-5-12(13)10-14)20-8-2-1-3-9-21(17,18)19/h4-7,10-11H,1-3,8-9H2,(H2,17,18,19). The molecule has 0 heterocycles. The Hall–Kier alpha value is -1.11. The summed E-state index contributed by atoms with van der Waals surface area (Å²) < 4.78 is 28.3. The van der Waals surface area contributed by atoms with Crippen LogP contribution in [0.4, 0.5) is 0 Å². The largest absolute Gasteiger partial charge is 0.494 e.